The Morgan fingerprint density at radius 3 is 2.69 bits per heavy atom. The molecule has 0 heterocycles. The fourth-order valence-electron chi connectivity index (χ4n) is 1.67. The van der Waals surface area contributed by atoms with E-state index in [1.54, 1.807) is 13.0 Å². The van der Waals surface area contributed by atoms with Crippen LogP contribution in [0.15, 0.2) is 18.2 Å². The van der Waals surface area contributed by atoms with Crippen LogP contribution >= 0.6 is 0 Å². The molecule has 0 fully saturated rings. The number of para-hydroxylation sites is 1. The third-order valence-electron chi connectivity index (χ3n) is 2.32. The summed E-state index contributed by atoms with van der Waals surface area (Å²) in [6.07, 6.45) is -0.377. The highest BCUT2D eigenvalue weighted by Crippen LogP contribution is 2.29. The van der Waals surface area contributed by atoms with Crippen molar-refractivity contribution >= 4 is 0 Å². The summed E-state index contributed by atoms with van der Waals surface area (Å²) in [6.45, 7) is 2.88. The number of likely N-dealkylation sites (N-methyl/N-ethyl adjacent to an activating group) is 1. The molecular formula is C12H19NO3. The summed E-state index contributed by atoms with van der Waals surface area (Å²) in [5.41, 5.74) is 0.794. The Balaban J connectivity index is 2.73. The van der Waals surface area contributed by atoms with Crippen LogP contribution in [0, 0.1) is 0 Å². The molecule has 0 aliphatic rings. The molecule has 0 radical (unpaired) electrons. The van der Waals surface area contributed by atoms with E-state index in [-0.39, 0.29) is 11.9 Å². The van der Waals surface area contributed by atoms with Gasteiger partial charge in [-0.05, 0) is 20.0 Å². The molecule has 4 nitrogen and oxygen atoms in total. The normalized spacial score (nSPS) is 12.8. The minimum absolute atomic E-state index is 0.169. The predicted molar refractivity (Wildman–Crippen MR) is 62.7 cm³/mol. The van der Waals surface area contributed by atoms with Crippen LogP contribution in [0.1, 0.15) is 12.5 Å². The first kappa shape index (κ1) is 12.8. The number of phenols is 1. The van der Waals surface area contributed by atoms with E-state index in [1.165, 1.54) is 7.11 Å². The van der Waals surface area contributed by atoms with Crippen LogP contribution in [0.3, 0.4) is 0 Å². The average Bonchev–Trinajstić information content (AvgIpc) is 2.20. The highest BCUT2D eigenvalue weighted by Gasteiger charge is 2.10. The zero-order valence-electron chi connectivity index (χ0n) is 9.97. The number of nitrogens with zero attached hydrogens (tertiary/aromatic N) is 1. The number of aliphatic hydroxyl groups is 1. The minimum Gasteiger partial charge on any atom is -0.504 e. The summed E-state index contributed by atoms with van der Waals surface area (Å²) in [7, 11) is 3.42. The topological polar surface area (TPSA) is 52.9 Å². The standard InChI is InChI=1S/C12H19NO3/c1-9(14)7-13(2)8-10-5-4-6-11(16-3)12(10)15/h4-6,9,14-15H,7-8H2,1-3H3/t9-/m1/s1. The Bertz CT molecular complexity index is 339. The monoisotopic (exact) mass is 225 g/mol. The summed E-state index contributed by atoms with van der Waals surface area (Å²) in [5.74, 6) is 0.644. The summed E-state index contributed by atoms with van der Waals surface area (Å²) >= 11 is 0. The summed E-state index contributed by atoms with van der Waals surface area (Å²) in [4.78, 5) is 1.94. The van der Waals surface area contributed by atoms with E-state index in [2.05, 4.69) is 0 Å². The molecule has 0 amide bonds. The van der Waals surface area contributed by atoms with Gasteiger partial charge in [0.05, 0.1) is 13.2 Å². The third-order valence-corrected chi connectivity index (χ3v) is 2.32. The first-order valence-corrected chi connectivity index (χ1v) is 5.26. The zero-order chi connectivity index (χ0) is 12.1. The number of rotatable bonds is 5. The van der Waals surface area contributed by atoms with Crippen molar-refractivity contribution in [3.63, 3.8) is 0 Å². The highest BCUT2D eigenvalue weighted by atomic mass is 16.5. The van der Waals surface area contributed by atoms with Crippen LogP contribution in [-0.4, -0.2) is 41.9 Å². The van der Waals surface area contributed by atoms with Gasteiger partial charge in [0.2, 0.25) is 0 Å². The van der Waals surface area contributed by atoms with Crippen molar-refractivity contribution in [1.29, 1.82) is 0 Å². The molecule has 4 heteroatoms. The maximum absolute atomic E-state index is 9.86. The van der Waals surface area contributed by atoms with E-state index in [9.17, 15) is 10.2 Å². The van der Waals surface area contributed by atoms with Crippen LogP contribution in [0.5, 0.6) is 11.5 Å². The SMILES string of the molecule is COc1cccc(CN(C)C[C@@H](C)O)c1O. The number of phenolic OH excluding ortho intramolecular Hbond substituents is 1. The number of aromatic hydroxyl groups is 1. The molecule has 2 N–H and O–H groups in total. The maximum atomic E-state index is 9.86. The van der Waals surface area contributed by atoms with Crippen LogP contribution in [0.4, 0.5) is 0 Å². The number of benzene rings is 1. The lowest BCUT2D eigenvalue weighted by Gasteiger charge is -2.19. The van der Waals surface area contributed by atoms with Gasteiger partial charge in [-0.15, -0.1) is 0 Å². The molecule has 0 aliphatic carbocycles. The van der Waals surface area contributed by atoms with Crippen LogP contribution in [0.25, 0.3) is 0 Å². The van der Waals surface area contributed by atoms with E-state index in [4.69, 9.17) is 4.74 Å². The van der Waals surface area contributed by atoms with Gasteiger partial charge in [-0.3, -0.25) is 4.90 Å². The molecule has 0 aliphatic heterocycles. The van der Waals surface area contributed by atoms with Gasteiger partial charge in [0.1, 0.15) is 0 Å². The van der Waals surface area contributed by atoms with Gasteiger partial charge in [0, 0.05) is 18.7 Å². The Labute approximate surface area is 96.1 Å². The van der Waals surface area contributed by atoms with Crippen molar-refractivity contribution < 1.29 is 14.9 Å². The lowest BCUT2D eigenvalue weighted by molar-refractivity contribution is 0.138. The number of hydrogen-bond donors (Lipinski definition) is 2. The second-order valence-electron chi connectivity index (χ2n) is 4.01. The van der Waals surface area contributed by atoms with Crippen molar-refractivity contribution in [2.24, 2.45) is 0 Å². The fourth-order valence-corrected chi connectivity index (χ4v) is 1.67. The van der Waals surface area contributed by atoms with Gasteiger partial charge in [-0.25, -0.2) is 0 Å². The molecular weight excluding hydrogens is 206 g/mol. The molecule has 1 atom stereocenters. The molecule has 0 saturated heterocycles. The van der Waals surface area contributed by atoms with E-state index in [0.717, 1.165) is 5.56 Å². The van der Waals surface area contributed by atoms with E-state index < -0.39 is 0 Å². The third kappa shape index (κ3) is 3.40. The van der Waals surface area contributed by atoms with Crippen molar-refractivity contribution in [2.75, 3.05) is 20.7 Å². The Hall–Kier alpha value is -1.26. The van der Waals surface area contributed by atoms with Gasteiger partial charge in [-0.2, -0.15) is 0 Å². The second-order valence-corrected chi connectivity index (χ2v) is 4.01. The molecule has 0 unspecified atom stereocenters. The number of aliphatic hydroxyl groups excluding tert-OH is 1. The molecule has 0 aromatic heterocycles. The molecule has 90 valence electrons. The lowest BCUT2D eigenvalue weighted by Crippen LogP contribution is -2.26. The largest absolute Gasteiger partial charge is 0.504 e. The number of ether oxygens (including phenoxy) is 1. The molecule has 1 aromatic rings. The van der Waals surface area contributed by atoms with Gasteiger partial charge in [-0.1, -0.05) is 12.1 Å². The van der Waals surface area contributed by atoms with Crippen molar-refractivity contribution in [3.8, 4) is 11.5 Å². The zero-order valence-corrected chi connectivity index (χ0v) is 9.97. The van der Waals surface area contributed by atoms with Crippen molar-refractivity contribution in [3.05, 3.63) is 23.8 Å². The molecule has 1 aromatic carbocycles. The highest BCUT2D eigenvalue weighted by molar-refractivity contribution is 5.45. The second kappa shape index (κ2) is 5.72. The van der Waals surface area contributed by atoms with Gasteiger partial charge in [0.15, 0.2) is 11.5 Å². The molecule has 1 rings (SSSR count). The Kier molecular flexibility index (Phi) is 4.58. The smallest absolute Gasteiger partial charge is 0.162 e. The lowest BCUT2D eigenvalue weighted by atomic mass is 10.1. The number of methoxy groups -OCH3 is 1. The molecule has 0 spiro atoms. The van der Waals surface area contributed by atoms with Gasteiger partial charge in [0.25, 0.3) is 0 Å². The van der Waals surface area contributed by atoms with Gasteiger partial charge >= 0.3 is 0 Å². The first-order valence-electron chi connectivity index (χ1n) is 5.26. The Morgan fingerprint density at radius 2 is 2.12 bits per heavy atom. The number of hydrogen-bond acceptors (Lipinski definition) is 4. The predicted octanol–water partition coefficient (Wildman–Crippen LogP) is 1.21. The molecule has 0 bridgehead atoms. The average molecular weight is 225 g/mol. The molecule has 16 heavy (non-hydrogen) atoms. The van der Waals surface area contributed by atoms with Crippen LogP contribution in [0.2, 0.25) is 0 Å². The minimum atomic E-state index is -0.377. The van der Waals surface area contributed by atoms with E-state index in [0.29, 0.717) is 18.8 Å². The van der Waals surface area contributed by atoms with E-state index >= 15 is 0 Å². The summed E-state index contributed by atoms with van der Waals surface area (Å²) in [6, 6.07) is 5.40. The fraction of sp³-hybridized carbons (Fsp3) is 0.500. The first-order chi connectivity index (χ1) is 7.54. The van der Waals surface area contributed by atoms with Crippen molar-refractivity contribution in [1.82, 2.24) is 4.90 Å². The van der Waals surface area contributed by atoms with Crippen LogP contribution in [-0.2, 0) is 6.54 Å². The maximum Gasteiger partial charge on any atom is 0.162 e. The summed E-state index contributed by atoms with van der Waals surface area (Å²) in [5, 5.41) is 19.1. The quantitative estimate of drug-likeness (QED) is 0.791. The molecule has 0 saturated carbocycles. The Morgan fingerprint density at radius 1 is 1.44 bits per heavy atom. The van der Waals surface area contributed by atoms with Gasteiger partial charge < -0.3 is 14.9 Å². The van der Waals surface area contributed by atoms with Crippen molar-refractivity contribution in [2.45, 2.75) is 19.6 Å². The van der Waals surface area contributed by atoms with Crippen LogP contribution < -0.4 is 4.74 Å². The van der Waals surface area contributed by atoms with E-state index in [1.807, 2.05) is 24.1 Å². The summed E-state index contributed by atoms with van der Waals surface area (Å²) < 4.78 is 5.03.